The summed E-state index contributed by atoms with van der Waals surface area (Å²) in [4.78, 5) is 26.9. The fraction of sp³-hybridized carbons (Fsp3) is 0.231. The van der Waals surface area contributed by atoms with Crippen LogP contribution in [0.5, 0.6) is 11.5 Å². The topological polar surface area (TPSA) is 119 Å². The zero-order chi connectivity index (χ0) is 26.1. The number of carbonyl (C=O) groups is 1. The Labute approximate surface area is 209 Å². The number of amides is 1. The van der Waals surface area contributed by atoms with E-state index in [1.54, 1.807) is 24.0 Å². The number of aromatic amines is 1. The minimum absolute atomic E-state index is 0.0719. The molecule has 188 valence electrons. The van der Waals surface area contributed by atoms with Crippen LogP contribution in [0.4, 0.5) is 14.6 Å². The summed E-state index contributed by atoms with van der Waals surface area (Å²) in [6.07, 6.45) is 1.45. The van der Waals surface area contributed by atoms with Gasteiger partial charge in [-0.1, -0.05) is 12.0 Å². The molecule has 37 heavy (non-hydrogen) atoms. The summed E-state index contributed by atoms with van der Waals surface area (Å²) in [5.41, 5.74) is 7.06. The van der Waals surface area contributed by atoms with Crippen LogP contribution in [-0.2, 0) is 4.79 Å². The number of nitrogen functional groups attached to an aromatic ring is 1. The van der Waals surface area contributed by atoms with E-state index in [0.29, 0.717) is 35.4 Å². The van der Waals surface area contributed by atoms with E-state index in [0.717, 1.165) is 25.0 Å². The number of aromatic nitrogens is 4. The summed E-state index contributed by atoms with van der Waals surface area (Å²) in [7, 11) is 0. The molecule has 2 aromatic heterocycles. The smallest absolute Gasteiger partial charge is 0.298 e. The van der Waals surface area contributed by atoms with Gasteiger partial charge in [-0.3, -0.25) is 9.59 Å². The number of hydrogen-bond acceptors (Lipinski definition) is 6. The highest BCUT2D eigenvalue weighted by molar-refractivity contribution is 5.94. The number of H-pyrrole nitrogens is 1. The lowest BCUT2D eigenvalue weighted by Gasteiger charge is -2.30. The lowest BCUT2D eigenvalue weighted by Crippen LogP contribution is -2.38. The third-order valence-electron chi connectivity index (χ3n) is 6.21. The second-order valence-corrected chi connectivity index (χ2v) is 8.57. The number of para-hydroxylation sites is 1. The molecule has 1 atom stereocenters. The number of fused-ring (bicyclic) bond motifs is 1. The van der Waals surface area contributed by atoms with Crippen LogP contribution < -0.4 is 16.0 Å². The molecule has 0 spiro atoms. The summed E-state index contributed by atoms with van der Waals surface area (Å²) in [6.45, 7) is 2.54. The summed E-state index contributed by atoms with van der Waals surface area (Å²) >= 11 is 0. The number of halogens is 2. The molecule has 0 radical (unpaired) electrons. The summed E-state index contributed by atoms with van der Waals surface area (Å²) in [6, 6.07) is 9.75. The normalized spacial score (nSPS) is 15.3. The molecule has 0 unspecified atom stereocenters. The van der Waals surface area contributed by atoms with Crippen LogP contribution in [0.25, 0.3) is 16.6 Å². The van der Waals surface area contributed by atoms with Crippen molar-refractivity contribution < 1.29 is 18.3 Å². The largest absolute Gasteiger partial charge is 0.451 e. The van der Waals surface area contributed by atoms with Crippen LogP contribution >= 0.6 is 0 Å². The van der Waals surface area contributed by atoms with Gasteiger partial charge in [-0.25, -0.2) is 18.6 Å². The first kappa shape index (κ1) is 24.0. The van der Waals surface area contributed by atoms with Gasteiger partial charge in [0, 0.05) is 19.0 Å². The molecule has 0 aliphatic carbocycles. The number of anilines is 1. The van der Waals surface area contributed by atoms with Crippen molar-refractivity contribution >= 4 is 22.6 Å². The zero-order valence-corrected chi connectivity index (χ0v) is 19.8. The number of benzene rings is 2. The van der Waals surface area contributed by atoms with Crippen LogP contribution in [0.15, 0.2) is 47.3 Å². The predicted molar refractivity (Wildman–Crippen MR) is 132 cm³/mol. The Balaban J connectivity index is 1.53. The SMILES string of the molecule is CC#CC(=O)N1CCC[C@@H](c2nn(-c3ccc(Oc4c(F)cccc4F)cc3)c3c(N)n[nH]c(=O)c23)C1. The molecule has 1 aliphatic rings. The summed E-state index contributed by atoms with van der Waals surface area (Å²) < 4.78 is 34.8. The van der Waals surface area contributed by atoms with E-state index in [9.17, 15) is 18.4 Å². The maximum absolute atomic E-state index is 14.0. The van der Waals surface area contributed by atoms with Gasteiger partial charge in [-0.15, -0.1) is 0 Å². The Morgan fingerprint density at radius 2 is 1.92 bits per heavy atom. The van der Waals surface area contributed by atoms with E-state index < -0.39 is 22.9 Å². The lowest BCUT2D eigenvalue weighted by molar-refractivity contribution is -0.126. The van der Waals surface area contributed by atoms with Crippen molar-refractivity contribution in [3.8, 4) is 29.0 Å². The number of nitrogens with one attached hydrogen (secondary N) is 1. The Morgan fingerprint density at radius 1 is 1.19 bits per heavy atom. The number of nitrogens with two attached hydrogens (primary N) is 1. The van der Waals surface area contributed by atoms with E-state index in [1.165, 1.54) is 22.9 Å². The van der Waals surface area contributed by atoms with E-state index in [-0.39, 0.29) is 23.4 Å². The number of rotatable bonds is 4. The van der Waals surface area contributed by atoms with Gasteiger partial charge in [0.2, 0.25) is 0 Å². The first-order valence-corrected chi connectivity index (χ1v) is 11.6. The molecule has 3 heterocycles. The molecule has 0 bridgehead atoms. The third kappa shape index (κ3) is 4.49. The van der Waals surface area contributed by atoms with Crippen LogP contribution in [0.3, 0.4) is 0 Å². The third-order valence-corrected chi connectivity index (χ3v) is 6.21. The van der Waals surface area contributed by atoms with Crippen molar-refractivity contribution in [1.82, 2.24) is 24.9 Å². The highest BCUT2D eigenvalue weighted by Crippen LogP contribution is 2.33. The fourth-order valence-electron chi connectivity index (χ4n) is 4.51. The molecule has 3 N–H and O–H groups in total. The lowest BCUT2D eigenvalue weighted by atomic mass is 9.93. The Hall–Kier alpha value is -4.72. The van der Waals surface area contributed by atoms with E-state index in [1.807, 2.05) is 0 Å². The monoisotopic (exact) mass is 504 g/mol. The van der Waals surface area contributed by atoms with Gasteiger partial charge in [-0.05, 0) is 62.1 Å². The molecule has 9 nitrogen and oxygen atoms in total. The highest BCUT2D eigenvalue weighted by Gasteiger charge is 2.30. The van der Waals surface area contributed by atoms with E-state index >= 15 is 0 Å². The molecule has 1 saturated heterocycles. The van der Waals surface area contributed by atoms with Crippen LogP contribution in [-0.4, -0.2) is 43.9 Å². The molecule has 1 aliphatic heterocycles. The Bertz CT molecular complexity index is 1600. The number of nitrogens with zero attached hydrogens (tertiary/aromatic N) is 4. The quantitative estimate of drug-likeness (QED) is 0.411. The Morgan fingerprint density at radius 3 is 2.62 bits per heavy atom. The van der Waals surface area contributed by atoms with Crippen molar-refractivity contribution in [1.29, 1.82) is 0 Å². The Kier molecular flexibility index (Phi) is 6.31. The maximum atomic E-state index is 14.0. The molecule has 1 fully saturated rings. The fourth-order valence-corrected chi connectivity index (χ4v) is 4.51. The van der Waals surface area contributed by atoms with Crippen molar-refractivity contribution in [2.45, 2.75) is 25.7 Å². The van der Waals surface area contributed by atoms with Gasteiger partial charge in [0.05, 0.1) is 16.8 Å². The van der Waals surface area contributed by atoms with Crippen LogP contribution in [0.1, 0.15) is 31.4 Å². The number of piperidine rings is 1. The second kappa shape index (κ2) is 9.73. The first-order chi connectivity index (χ1) is 17.9. The molecule has 0 saturated carbocycles. The average Bonchev–Trinajstić information content (AvgIpc) is 3.31. The van der Waals surface area contributed by atoms with Gasteiger partial charge >= 0.3 is 0 Å². The van der Waals surface area contributed by atoms with Gasteiger partial charge < -0.3 is 15.4 Å². The molecule has 4 aromatic rings. The minimum atomic E-state index is -0.824. The van der Waals surface area contributed by atoms with Crippen molar-refractivity contribution in [3.05, 3.63) is 70.1 Å². The van der Waals surface area contributed by atoms with Gasteiger partial charge in [0.1, 0.15) is 11.3 Å². The van der Waals surface area contributed by atoms with Crippen LogP contribution in [0, 0.1) is 23.5 Å². The standard InChI is InChI=1S/C26H22F2N6O3/c1-2-5-20(35)33-13-4-6-15(14-33)22-21-23(25(29)30-31-26(21)36)34(32-22)16-9-11-17(12-10-16)37-24-18(27)7-3-8-19(24)28/h3,7-12,15H,4,6,13-14H2,1H3,(H2,29,30)(H,31,36)/t15-/m1/s1. The number of carbonyl (C=O) groups excluding carboxylic acids is 1. The second-order valence-electron chi connectivity index (χ2n) is 8.57. The van der Waals surface area contributed by atoms with Crippen molar-refractivity contribution in [2.75, 3.05) is 18.8 Å². The molecule has 11 heteroatoms. The van der Waals surface area contributed by atoms with Gasteiger partial charge in [-0.2, -0.15) is 10.2 Å². The summed E-state index contributed by atoms with van der Waals surface area (Å²) in [5, 5.41) is 11.3. The van der Waals surface area contributed by atoms with Crippen molar-refractivity contribution in [3.63, 3.8) is 0 Å². The molecular weight excluding hydrogens is 482 g/mol. The average molecular weight is 504 g/mol. The molecule has 5 rings (SSSR count). The zero-order valence-electron chi connectivity index (χ0n) is 19.8. The first-order valence-electron chi connectivity index (χ1n) is 11.6. The predicted octanol–water partition coefficient (Wildman–Crippen LogP) is 3.49. The van der Waals surface area contributed by atoms with Gasteiger partial charge in [0.15, 0.2) is 23.2 Å². The maximum Gasteiger partial charge on any atom is 0.298 e. The molecule has 1 amide bonds. The number of hydrogen-bond donors (Lipinski definition) is 2. The van der Waals surface area contributed by atoms with Crippen molar-refractivity contribution in [2.24, 2.45) is 0 Å². The molecular formula is C26H22F2N6O3. The van der Waals surface area contributed by atoms with E-state index in [2.05, 4.69) is 22.0 Å². The minimum Gasteiger partial charge on any atom is -0.451 e. The molecule has 2 aromatic carbocycles. The summed E-state index contributed by atoms with van der Waals surface area (Å²) in [5.74, 6) is 2.82. The number of ether oxygens (including phenoxy) is 1. The van der Waals surface area contributed by atoms with Crippen LogP contribution in [0.2, 0.25) is 0 Å². The number of likely N-dealkylation sites (tertiary alicyclic amines) is 1. The van der Waals surface area contributed by atoms with E-state index in [4.69, 9.17) is 15.6 Å². The van der Waals surface area contributed by atoms with Gasteiger partial charge in [0.25, 0.3) is 11.5 Å². The highest BCUT2D eigenvalue weighted by atomic mass is 19.1.